The van der Waals surface area contributed by atoms with E-state index < -0.39 is 0 Å². The summed E-state index contributed by atoms with van der Waals surface area (Å²) in [7, 11) is 0. The number of hydrogen-bond acceptors (Lipinski definition) is 3. The number of nitrogens with one attached hydrogen (secondary N) is 1. The Labute approximate surface area is 112 Å². The predicted octanol–water partition coefficient (Wildman–Crippen LogP) is 3.21. The fraction of sp³-hybridized carbons (Fsp3) is 0.667. The standard InChI is InChI=1S/C15H27N3/c1-5-9-16-11-14-8-10-17-12-15(14)18(7-3)13(4)6-2/h8,10,12-13,16H,5-7,9,11H2,1-4H3. The Morgan fingerprint density at radius 1 is 1.33 bits per heavy atom. The van der Waals surface area contributed by atoms with Crippen LogP contribution in [-0.4, -0.2) is 24.1 Å². The van der Waals surface area contributed by atoms with Gasteiger partial charge in [0.1, 0.15) is 0 Å². The second kappa shape index (κ2) is 8.09. The molecule has 0 aliphatic heterocycles. The number of aromatic nitrogens is 1. The second-order valence-corrected chi connectivity index (χ2v) is 4.72. The van der Waals surface area contributed by atoms with Crippen LogP contribution in [0, 0.1) is 0 Å². The van der Waals surface area contributed by atoms with Gasteiger partial charge in [0, 0.05) is 25.3 Å². The molecule has 0 spiro atoms. The molecule has 1 heterocycles. The minimum atomic E-state index is 0.559. The van der Waals surface area contributed by atoms with Crippen molar-refractivity contribution in [1.82, 2.24) is 10.3 Å². The summed E-state index contributed by atoms with van der Waals surface area (Å²) in [6, 6.07) is 2.69. The topological polar surface area (TPSA) is 28.2 Å². The van der Waals surface area contributed by atoms with Crippen molar-refractivity contribution in [2.24, 2.45) is 0 Å². The number of pyridine rings is 1. The zero-order chi connectivity index (χ0) is 13.4. The molecule has 102 valence electrons. The normalized spacial score (nSPS) is 12.4. The van der Waals surface area contributed by atoms with Crippen LogP contribution in [0.5, 0.6) is 0 Å². The Morgan fingerprint density at radius 2 is 2.11 bits per heavy atom. The third-order valence-electron chi connectivity index (χ3n) is 3.40. The lowest BCUT2D eigenvalue weighted by Crippen LogP contribution is -2.33. The third kappa shape index (κ3) is 3.98. The van der Waals surface area contributed by atoms with Gasteiger partial charge in [-0.1, -0.05) is 13.8 Å². The van der Waals surface area contributed by atoms with Crippen LogP contribution in [0.3, 0.4) is 0 Å². The van der Waals surface area contributed by atoms with Crippen molar-refractivity contribution in [3.05, 3.63) is 24.0 Å². The monoisotopic (exact) mass is 249 g/mol. The van der Waals surface area contributed by atoms with E-state index in [2.05, 4.69) is 49.0 Å². The van der Waals surface area contributed by atoms with Crippen molar-refractivity contribution in [3.63, 3.8) is 0 Å². The predicted molar refractivity (Wildman–Crippen MR) is 79.0 cm³/mol. The Morgan fingerprint density at radius 3 is 2.72 bits per heavy atom. The van der Waals surface area contributed by atoms with Crippen LogP contribution >= 0.6 is 0 Å². The molecule has 0 radical (unpaired) electrons. The van der Waals surface area contributed by atoms with Gasteiger partial charge in [0.25, 0.3) is 0 Å². The maximum absolute atomic E-state index is 4.29. The fourth-order valence-electron chi connectivity index (χ4n) is 2.16. The van der Waals surface area contributed by atoms with Crippen LogP contribution in [-0.2, 0) is 6.54 Å². The van der Waals surface area contributed by atoms with Crippen molar-refractivity contribution in [1.29, 1.82) is 0 Å². The third-order valence-corrected chi connectivity index (χ3v) is 3.40. The maximum atomic E-state index is 4.29. The van der Waals surface area contributed by atoms with Gasteiger partial charge in [0.15, 0.2) is 0 Å². The highest BCUT2D eigenvalue weighted by Gasteiger charge is 2.14. The van der Waals surface area contributed by atoms with Crippen LogP contribution < -0.4 is 10.2 Å². The van der Waals surface area contributed by atoms with Crippen molar-refractivity contribution in [3.8, 4) is 0 Å². The van der Waals surface area contributed by atoms with Crippen LogP contribution in [0.1, 0.15) is 46.1 Å². The highest BCUT2D eigenvalue weighted by Crippen LogP contribution is 2.22. The average Bonchev–Trinajstić information content (AvgIpc) is 2.41. The van der Waals surface area contributed by atoms with Crippen LogP contribution in [0.15, 0.2) is 18.5 Å². The van der Waals surface area contributed by atoms with Crippen molar-refractivity contribution < 1.29 is 0 Å². The van der Waals surface area contributed by atoms with E-state index in [1.807, 2.05) is 12.4 Å². The zero-order valence-electron chi connectivity index (χ0n) is 12.2. The summed E-state index contributed by atoms with van der Waals surface area (Å²) in [5.74, 6) is 0. The van der Waals surface area contributed by atoms with Gasteiger partial charge in [-0.2, -0.15) is 0 Å². The van der Waals surface area contributed by atoms with Gasteiger partial charge in [0.2, 0.25) is 0 Å². The van der Waals surface area contributed by atoms with E-state index in [0.717, 1.165) is 26.1 Å². The molecule has 1 aromatic heterocycles. The molecular formula is C15H27N3. The Balaban J connectivity index is 2.85. The van der Waals surface area contributed by atoms with Crippen LogP contribution in [0.2, 0.25) is 0 Å². The van der Waals surface area contributed by atoms with Gasteiger partial charge >= 0.3 is 0 Å². The Bertz CT molecular complexity index is 338. The largest absolute Gasteiger partial charge is 0.368 e. The zero-order valence-corrected chi connectivity index (χ0v) is 12.2. The van der Waals surface area contributed by atoms with E-state index >= 15 is 0 Å². The van der Waals surface area contributed by atoms with E-state index in [1.165, 1.54) is 17.7 Å². The maximum Gasteiger partial charge on any atom is 0.0600 e. The first-order valence-electron chi connectivity index (χ1n) is 7.14. The fourth-order valence-corrected chi connectivity index (χ4v) is 2.16. The van der Waals surface area contributed by atoms with Gasteiger partial charge in [0.05, 0.1) is 11.9 Å². The second-order valence-electron chi connectivity index (χ2n) is 4.72. The minimum absolute atomic E-state index is 0.559. The van der Waals surface area contributed by atoms with Gasteiger partial charge in [-0.05, 0) is 44.9 Å². The van der Waals surface area contributed by atoms with Gasteiger partial charge < -0.3 is 10.2 Å². The molecule has 0 aromatic carbocycles. The summed E-state index contributed by atoms with van der Waals surface area (Å²) in [5, 5.41) is 3.47. The molecule has 1 rings (SSSR count). The van der Waals surface area contributed by atoms with Gasteiger partial charge in [-0.3, -0.25) is 4.98 Å². The van der Waals surface area contributed by atoms with E-state index in [1.54, 1.807) is 0 Å². The summed E-state index contributed by atoms with van der Waals surface area (Å²) < 4.78 is 0. The smallest absolute Gasteiger partial charge is 0.0600 e. The first-order valence-corrected chi connectivity index (χ1v) is 7.14. The van der Waals surface area contributed by atoms with Crippen molar-refractivity contribution in [2.45, 2.75) is 53.1 Å². The summed E-state index contributed by atoms with van der Waals surface area (Å²) in [4.78, 5) is 6.73. The van der Waals surface area contributed by atoms with Gasteiger partial charge in [-0.25, -0.2) is 0 Å². The molecule has 0 saturated carbocycles. The van der Waals surface area contributed by atoms with Crippen molar-refractivity contribution >= 4 is 5.69 Å². The lowest BCUT2D eigenvalue weighted by Gasteiger charge is -2.31. The lowest BCUT2D eigenvalue weighted by molar-refractivity contribution is 0.619. The summed E-state index contributed by atoms with van der Waals surface area (Å²) in [6.07, 6.45) is 6.21. The molecule has 0 bridgehead atoms. The highest BCUT2D eigenvalue weighted by atomic mass is 15.2. The molecule has 3 heteroatoms. The molecule has 0 aliphatic rings. The molecule has 1 aromatic rings. The average molecular weight is 249 g/mol. The minimum Gasteiger partial charge on any atom is -0.368 e. The summed E-state index contributed by atoms with van der Waals surface area (Å²) in [6.45, 7) is 11.9. The molecule has 0 saturated heterocycles. The first kappa shape index (κ1) is 15.0. The van der Waals surface area contributed by atoms with E-state index in [-0.39, 0.29) is 0 Å². The number of nitrogens with zero attached hydrogens (tertiary/aromatic N) is 2. The molecule has 18 heavy (non-hydrogen) atoms. The van der Waals surface area contributed by atoms with Crippen LogP contribution in [0.25, 0.3) is 0 Å². The molecule has 1 N–H and O–H groups in total. The molecule has 0 amide bonds. The molecule has 3 nitrogen and oxygen atoms in total. The first-order chi connectivity index (χ1) is 8.74. The van der Waals surface area contributed by atoms with E-state index in [0.29, 0.717) is 6.04 Å². The van der Waals surface area contributed by atoms with Gasteiger partial charge in [-0.15, -0.1) is 0 Å². The number of rotatable bonds is 8. The van der Waals surface area contributed by atoms with Crippen molar-refractivity contribution in [2.75, 3.05) is 18.0 Å². The molecule has 1 unspecified atom stereocenters. The Kier molecular flexibility index (Phi) is 6.73. The molecule has 1 atom stereocenters. The molecular weight excluding hydrogens is 222 g/mol. The number of anilines is 1. The quantitative estimate of drug-likeness (QED) is 0.717. The summed E-state index contributed by atoms with van der Waals surface area (Å²) >= 11 is 0. The number of hydrogen-bond donors (Lipinski definition) is 1. The highest BCUT2D eigenvalue weighted by molar-refractivity contribution is 5.52. The lowest BCUT2D eigenvalue weighted by atomic mass is 10.1. The summed E-state index contributed by atoms with van der Waals surface area (Å²) in [5.41, 5.74) is 2.62. The van der Waals surface area contributed by atoms with E-state index in [4.69, 9.17) is 0 Å². The van der Waals surface area contributed by atoms with Crippen LogP contribution in [0.4, 0.5) is 5.69 Å². The van der Waals surface area contributed by atoms with E-state index in [9.17, 15) is 0 Å². The molecule has 0 aliphatic carbocycles. The Hall–Kier alpha value is -1.09. The SMILES string of the molecule is CCCNCc1ccncc1N(CC)C(C)CC. The molecule has 0 fully saturated rings.